The number of anilines is 1. The lowest BCUT2D eigenvalue weighted by Gasteiger charge is -2.28. The molecule has 1 aromatic carbocycles. The predicted octanol–water partition coefficient (Wildman–Crippen LogP) is 4.13. The van der Waals surface area contributed by atoms with Crippen LogP contribution in [-0.2, 0) is 0 Å². The van der Waals surface area contributed by atoms with Crippen LogP contribution in [0.5, 0.6) is 0 Å². The Balaban J connectivity index is 3.17. The number of nitrogens with one attached hydrogen (secondary N) is 1. The zero-order valence-electron chi connectivity index (χ0n) is 11.8. The Kier molecular flexibility index (Phi) is 5.89. The first kappa shape index (κ1) is 15.3. The number of hydrogen-bond acceptors (Lipinski definition) is 2. The van der Waals surface area contributed by atoms with Gasteiger partial charge in [0.05, 0.1) is 0 Å². The second-order valence-electron chi connectivity index (χ2n) is 4.68. The monoisotopic (exact) mass is 310 g/mol. The minimum Gasteiger partial charge on any atom is -0.368 e. The molecule has 0 saturated heterocycles. The van der Waals surface area contributed by atoms with Crippen LogP contribution in [0, 0.1) is 0 Å². The Labute approximate surface area is 119 Å². The van der Waals surface area contributed by atoms with Gasteiger partial charge in [0.25, 0.3) is 0 Å². The Morgan fingerprint density at radius 3 is 2.67 bits per heavy atom. The smallest absolute Gasteiger partial charge is 0.0428 e. The molecule has 3 heteroatoms. The number of hydrogen-bond donors (Lipinski definition) is 1. The molecule has 0 bridgehead atoms. The highest BCUT2D eigenvalue weighted by Crippen LogP contribution is 2.30. The fraction of sp³-hybridized carbons (Fsp3) is 0.467. The van der Waals surface area contributed by atoms with Crippen LogP contribution >= 0.6 is 15.9 Å². The number of likely N-dealkylation sites (N-methyl/N-ethyl adjacent to an activating group) is 1. The molecule has 0 radical (unpaired) electrons. The summed E-state index contributed by atoms with van der Waals surface area (Å²) in [5.41, 5.74) is 3.78. The van der Waals surface area contributed by atoms with Gasteiger partial charge in [-0.1, -0.05) is 34.1 Å². The lowest BCUT2D eigenvalue weighted by Crippen LogP contribution is -2.27. The third-order valence-electron chi connectivity index (χ3n) is 3.08. The lowest BCUT2D eigenvalue weighted by atomic mass is 10.0. The number of nitrogens with zero attached hydrogens (tertiary/aromatic N) is 1. The van der Waals surface area contributed by atoms with Gasteiger partial charge >= 0.3 is 0 Å². The highest BCUT2D eigenvalue weighted by atomic mass is 79.9. The molecule has 1 atom stereocenters. The summed E-state index contributed by atoms with van der Waals surface area (Å²) in [5.74, 6) is 0. The zero-order valence-corrected chi connectivity index (χ0v) is 13.3. The quantitative estimate of drug-likeness (QED) is 0.795. The van der Waals surface area contributed by atoms with E-state index in [1.807, 2.05) is 7.05 Å². The van der Waals surface area contributed by atoms with Gasteiger partial charge in [0.1, 0.15) is 0 Å². The Bertz CT molecular complexity index is 415. The van der Waals surface area contributed by atoms with Gasteiger partial charge in [0.15, 0.2) is 0 Å². The molecule has 0 spiro atoms. The van der Waals surface area contributed by atoms with Gasteiger partial charge in [-0.3, -0.25) is 0 Å². The van der Waals surface area contributed by atoms with E-state index in [1.165, 1.54) is 16.8 Å². The third-order valence-corrected chi connectivity index (χ3v) is 3.57. The highest BCUT2D eigenvalue weighted by molar-refractivity contribution is 9.10. The molecule has 0 fully saturated rings. The maximum Gasteiger partial charge on any atom is 0.0428 e. The first-order chi connectivity index (χ1) is 8.49. The fourth-order valence-electron chi connectivity index (χ4n) is 2.01. The summed E-state index contributed by atoms with van der Waals surface area (Å²) in [6.07, 6.45) is 0. The predicted molar refractivity (Wildman–Crippen MR) is 84.3 cm³/mol. The van der Waals surface area contributed by atoms with Crippen molar-refractivity contribution in [3.05, 3.63) is 40.4 Å². The van der Waals surface area contributed by atoms with Crippen molar-refractivity contribution in [1.82, 2.24) is 5.32 Å². The van der Waals surface area contributed by atoms with E-state index >= 15 is 0 Å². The van der Waals surface area contributed by atoms with Crippen molar-refractivity contribution in [2.24, 2.45) is 0 Å². The minimum atomic E-state index is 0.340. The maximum atomic E-state index is 4.02. The first-order valence-electron chi connectivity index (χ1n) is 6.35. The molecule has 2 nitrogen and oxygen atoms in total. The van der Waals surface area contributed by atoms with Crippen molar-refractivity contribution in [3.63, 3.8) is 0 Å². The van der Waals surface area contributed by atoms with Crippen molar-refractivity contribution < 1.29 is 0 Å². The van der Waals surface area contributed by atoms with E-state index in [-0.39, 0.29) is 0 Å². The molecule has 1 N–H and O–H groups in total. The molecule has 0 aromatic heterocycles. The molecular weight excluding hydrogens is 288 g/mol. The van der Waals surface area contributed by atoms with Crippen molar-refractivity contribution >= 4 is 21.6 Å². The molecule has 0 amide bonds. The van der Waals surface area contributed by atoms with Gasteiger partial charge in [0.2, 0.25) is 0 Å². The summed E-state index contributed by atoms with van der Waals surface area (Å²) >= 11 is 3.56. The van der Waals surface area contributed by atoms with Gasteiger partial charge in [-0.15, -0.1) is 0 Å². The SMILES string of the molecule is C=C(C)CN(CC)c1cc(Br)ccc1C(C)NC. The third kappa shape index (κ3) is 3.85. The van der Waals surface area contributed by atoms with Gasteiger partial charge < -0.3 is 10.2 Å². The zero-order chi connectivity index (χ0) is 13.7. The van der Waals surface area contributed by atoms with E-state index < -0.39 is 0 Å². The molecule has 18 heavy (non-hydrogen) atoms. The second kappa shape index (κ2) is 6.95. The van der Waals surface area contributed by atoms with Crippen LogP contribution in [0.2, 0.25) is 0 Å². The van der Waals surface area contributed by atoms with Crippen molar-refractivity contribution in [2.45, 2.75) is 26.8 Å². The van der Waals surface area contributed by atoms with E-state index in [0.29, 0.717) is 6.04 Å². The fourth-order valence-corrected chi connectivity index (χ4v) is 2.35. The average Bonchev–Trinajstić information content (AvgIpc) is 2.34. The maximum absolute atomic E-state index is 4.02. The Hall–Kier alpha value is -0.800. The molecule has 0 saturated carbocycles. The summed E-state index contributed by atoms with van der Waals surface area (Å²) in [5, 5.41) is 3.31. The Morgan fingerprint density at radius 1 is 1.50 bits per heavy atom. The minimum absolute atomic E-state index is 0.340. The van der Waals surface area contributed by atoms with Crippen molar-refractivity contribution in [1.29, 1.82) is 0 Å². The van der Waals surface area contributed by atoms with Crippen molar-refractivity contribution in [3.8, 4) is 0 Å². The lowest BCUT2D eigenvalue weighted by molar-refractivity contribution is 0.648. The summed E-state index contributed by atoms with van der Waals surface area (Å²) in [6, 6.07) is 6.81. The van der Waals surface area contributed by atoms with Gasteiger partial charge in [-0.05, 0) is 45.5 Å². The molecule has 0 aliphatic rings. The summed E-state index contributed by atoms with van der Waals surface area (Å²) in [4.78, 5) is 2.36. The van der Waals surface area contributed by atoms with Crippen LogP contribution in [0.4, 0.5) is 5.69 Å². The molecule has 1 aromatic rings. The Morgan fingerprint density at radius 2 is 2.17 bits per heavy atom. The van der Waals surface area contributed by atoms with Crippen LogP contribution in [0.25, 0.3) is 0 Å². The second-order valence-corrected chi connectivity index (χ2v) is 5.60. The molecule has 1 unspecified atom stereocenters. The number of benzene rings is 1. The van der Waals surface area contributed by atoms with Crippen LogP contribution in [0.1, 0.15) is 32.4 Å². The molecular formula is C15H23BrN2. The van der Waals surface area contributed by atoms with Crippen LogP contribution in [0.3, 0.4) is 0 Å². The van der Waals surface area contributed by atoms with E-state index in [1.54, 1.807) is 0 Å². The molecule has 0 heterocycles. The van der Waals surface area contributed by atoms with E-state index in [9.17, 15) is 0 Å². The standard InChI is InChI=1S/C15H23BrN2/c1-6-18(10-11(2)3)15-9-13(16)7-8-14(15)12(4)17-5/h7-9,12,17H,2,6,10H2,1,3-5H3. The molecule has 100 valence electrons. The van der Waals surface area contributed by atoms with E-state index in [2.05, 4.69) is 71.7 Å². The molecule has 1 rings (SSSR count). The van der Waals surface area contributed by atoms with Gasteiger partial charge in [-0.25, -0.2) is 0 Å². The topological polar surface area (TPSA) is 15.3 Å². The van der Waals surface area contributed by atoms with Gasteiger partial charge in [0, 0.05) is 29.3 Å². The van der Waals surface area contributed by atoms with Crippen LogP contribution < -0.4 is 10.2 Å². The first-order valence-corrected chi connectivity index (χ1v) is 7.14. The highest BCUT2D eigenvalue weighted by Gasteiger charge is 2.14. The summed E-state index contributed by atoms with van der Waals surface area (Å²) in [6.45, 7) is 12.3. The van der Waals surface area contributed by atoms with Gasteiger partial charge in [-0.2, -0.15) is 0 Å². The number of halogens is 1. The van der Waals surface area contributed by atoms with E-state index in [4.69, 9.17) is 0 Å². The number of rotatable bonds is 6. The largest absolute Gasteiger partial charge is 0.368 e. The summed E-state index contributed by atoms with van der Waals surface area (Å²) in [7, 11) is 1.99. The molecule has 0 aliphatic carbocycles. The van der Waals surface area contributed by atoms with Crippen molar-refractivity contribution in [2.75, 3.05) is 25.0 Å². The normalized spacial score (nSPS) is 12.3. The molecule has 0 aliphatic heterocycles. The average molecular weight is 311 g/mol. The summed E-state index contributed by atoms with van der Waals surface area (Å²) < 4.78 is 1.12. The van der Waals surface area contributed by atoms with E-state index in [0.717, 1.165) is 17.6 Å². The van der Waals surface area contributed by atoms with Crippen LogP contribution in [-0.4, -0.2) is 20.1 Å². The van der Waals surface area contributed by atoms with Crippen LogP contribution in [0.15, 0.2) is 34.8 Å².